The van der Waals surface area contributed by atoms with Gasteiger partial charge >= 0.3 is 5.97 Å². The van der Waals surface area contributed by atoms with Gasteiger partial charge in [-0.25, -0.2) is 0 Å². The largest absolute Gasteiger partial charge is 0.466 e. The summed E-state index contributed by atoms with van der Waals surface area (Å²) < 4.78 is 4.91. The first-order valence-corrected chi connectivity index (χ1v) is 7.35. The molecule has 1 aliphatic heterocycles. The van der Waals surface area contributed by atoms with Crippen LogP contribution in [0.3, 0.4) is 0 Å². The average molecular weight is 254 g/mol. The summed E-state index contributed by atoms with van der Waals surface area (Å²) in [6.45, 7) is 6.78. The van der Waals surface area contributed by atoms with E-state index in [1.807, 2.05) is 6.92 Å². The summed E-state index contributed by atoms with van der Waals surface area (Å²) in [6.07, 6.45) is 5.44. The molecular formula is C14H26N2O2. The molecule has 104 valence electrons. The van der Waals surface area contributed by atoms with Gasteiger partial charge in [0.2, 0.25) is 0 Å². The van der Waals surface area contributed by atoms with Crippen LogP contribution in [0.15, 0.2) is 0 Å². The number of nitrogens with zero attached hydrogens (tertiary/aromatic N) is 1. The van der Waals surface area contributed by atoms with Crippen molar-refractivity contribution in [1.29, 1.82) is 0 Å². The number of esters is 1. The third-order valence-corrected chi connectivity index (χ3v) is 3.93. The van der Waals surface area contributed by atoms with E-state index in [4.69, 9.17) is 4.74 Å². The van der Waals surface area contributed by atoms with Gasteiger partial charge in [0.15, 0.2) is 0 Å². The SMILES string of the molecule is CCOC(=O)CCCNC1CC(C)N(C2CC2)C1. The number of hydrogen-bond acceptors (Lipinski definition) is 4. The van der Waals surface area contributed by atoms with E-state index in [0.717, 1.165) is 25.0 Å². The van der Waals surface area contributed by atoms with Crippen LogP contribution in [0.4, 0.5) is 0 Å². The van der Waals surface area contributed by atoms with Gasteiger partial charge in [0, 0.05) is 31.1 Å². The van der Waals surface area contributed by atoms with Crippen molar-refractivity contribution < 1.29 is 9.53 Å². The van der Waals surface area contributed by atoms with Gasteiger partial charge in [-0.1, -0.05) is 0 Å². The highest BCUT2D eigenvalue weighted by molar-refractivity contribution is 5.69. The van der Waals surface area contributed by atoms with Crippen LogP contribution in [-0.2, 0) is 9.53 Å². The zero-order chi connectivity index (χ0) is 13.0. The summed E-state index contributed by atoms with van der Waals surface area (Å²) in [4.78, 5) is 13.8. The van der Waals surface area contributed by atoms with Crippen molar-refractivity contribution in [2.45, 2.75) is 64.1 Å². The van der Waals surface area contributed by atoms with E-state index < -0.39 is 0 Å². The molecule has 0 amide bonds. The molecule has 1 N–H and O–H groups in total. The first-order chi connectivity index (χ1) is 8.70. The molecule has 1 heterocycles. The van der Waals surface area contributed by atoms with E-state index in [1.165, 1.54) is 25.8 Å². The monoisotopic (exact) mass is 254 g/mol. The van der Waals surface area contributed by atoms with Gasteiger partial charge in [-0.3, -0.25) is 9.69 Å². The van der Waals surface area contributed by atoms with Crippen LogP contribution < -0.4 is 5.32 Å². The summed E-state index contributed by atoms with van der Waals surface area (Å²) in [7, 11) is 0. The first-order valence-electron chi connectivity index (χ1n) is 7.35. The van der Waals surface area contributed by atoms with Crippen LogP contribution in [0.2, 0.25) is 0 Å². The summed E-state index contributed by atoms with van der Waals surface area (Å²) in [5.41, 5.74) is 0. The van der Waals surface area contributed by atoms with Crippen LogP contribution >= 0.6 is 0 Å². The van der Waals surface area contributed by atoms with E-state index in [0.29, 0.717) is 19.1 Å². The Morgan fingerprint density at radius 3 is 2.89 bits per heavy atom. The van der Waals surface area contributed by atoms with Crippen molar-refractivity contribution >= 4 is 5.97 Å². The van der Waals surface area contributed by atoms with Gasteiger partial charge in [-0.2, -0.15) is 0 Å². The molecule has 1 aliphatic carbocycles. The van der Waals surface area contributed by atoms with Gasteiger partial charge in [-0.15, -0.1) is 0 Å². The van der Waals surface area contributed by atoms with Gasteiger partial charge in [0.25, 0.3) is 0 Å². The van der Waals surface area contributed by atoms with Crippen molar-refractivity contribution in [3.63, 3.8) is 0 Å². The van der Waals surface area contributed by atoms with E-state index >= 15 is 0 Å². The molecule has 1 saturated heterocycles. The maximum atomic E-state index is 11.2. The molecule has 0 bridgehead atoms. The van der Waals surface area contributed by atoms with Crippen molar-refractivity contribution in [3.8, 4) is 0 Å². The average Bonchev–Trinajstić information content (AvgIpc) is 3.10. The molecule has 0 aromatic heterocycles. The van der Waals surface area contributed by atoms with Gasteiger partial charge < -0.3 is 10.1 Å². The normalized spacial score (nSPS) is 28.6. The molecule has 2 atom stereocenters. The molecule has 0 aromatic rings. The van der Waals surface area contributed by atoms with Crippen molar-refractivity contribution in [2.24, 2.45) is 0 Å². The molecule has 18 heavy (non-hydrogen) atoms. The predicted octanol–water partition coefficient (Wildman–Crippen LogP) is 1.54. The topological polar surface area (TPSA) is 41.6 Å². The van der Waals surface area contributed by atoms with Gasteiger partial charge in [0.1, 0.15) is 0 Å². The van der Waals surface area contributed by atoms with Gasteiger partial charge in [0.05, 0.1) is 6.61 Å². The highest BCUT2D eigenvalue weighted by Gasteiger charge is 2.38. The Kier molecular flexibility index (Phi) is 5.01. The zero-order valence-electron chi connectivity index (χ0n) is 11.7. The van der Waals surface area contributed by atoms with Crippen molar-refractivity contribution in [1.82, 2.24) is 10.2 Å². The van der Waals surface area contributed by atoms with E-state index in [-0.39, 0.29) is 5.97 Å². The lowest BCUT2D eigenvalue weighted by Crippen LogP contribution is -2.34. The molecular weight excluding hydrogens is 228 g/mol. The standard InChI is InChI=1S/C14H26N2O2/c1-3-18-14(17)5-4-8-15-12-9-11(2)16(10-12)13-6-7-13/h11-13,15H,3-10H2,1-2H3. The lowest BCUT2D eigenvalue weighted by atomic mass is 10.2. The Hall–Kier alpha value is -0.610. The number of rotatable bonds is 7. The van der Waals surface area contributed by atoms with Crippen LogP contribution in [0.1, 0.15) is 46.0 Å². The summed E-state index contributed by atoms with van der Waals surface area (Å²) in [5.74, 6) is -0.0707. The predicted molar refractivity (Wildman–Crippen MR) is 71.5 cm³/mol. The lowest BCUT2D eigenvalue weighted by Gasteiger charge is -2.19. The molecule has 1 saturated carbocycles. The third kappa shape index (κ3) is 3.95. The summed E-state index contributed by atoms with van der Waals surface area (Å²) >= 11 is 0. The number of ether oxygens (including phenoxy) is 1. The summed E-state index contributed by atoms with van der Waals surface area (Å²) in [6, 6.07) is 2.20. The highest BCUT2D eigenvalue weighted by Crippen LogP contribution is 2.33. The van der Waals surface area contributed by atoms with Crippen LogP contribution in [0.5, 0.6) is 0 Å². The molecule has 2 aliphatic rings. The van der Waals surface area contributed by atoms with Gasteiger partial charge in [-0.05, 0) is 46.1 Å². The van der Waals surface area contributed by atoms with E-state index in [9.17, 15) is 4.79 Å². The van der Waals surface area contributed by atoms with Crippen LogP contribution in [0, 0.1) is 0 Å². The third-order valence-electron chi connectivity index (χ3n) is 3.93. The second kappa shape index (κ2) is 6.53. The molecule has 0 spiro atoms. The molecule has 2 unspecified atom stereocenters. The fourth-order valence-corrected chi connectivity index (χ4v) is 2.89. The van der Waals surface area contributed by atoms with Crippen LogP contribution in [-0.4, -0.2) is 48.7 Å². The Bertz CT molecular complexity index is 279. The van der Waals surface area contributed by atoms with Crippen molar-refractivity contribution in [2.75, 3.05) is 19.7 Å². The minimum Gasteiger partial charge on any atom is -0.466 e. The smallest absolute Gasteiger partial charge is 0.305 e. The second-order valence-electron chi connectivity index (χ2n) is 5.57. The van der Waals surface area contributed by atoms with Crippen LogP contribution in [0.25, 0.3) is 0 Å². The minimum absolute atomic E-state index is 0.0707. The Morgan fingerprint density at radius 1 is 1.44 bits per heavy atom. The molecule has 0 radical (unpaired) electrons. The number of nitrogens with one attached hydrogen (secondary N) is 1. The number of hydrogen-bond donors (Lipinski definition) is 1. The quantitative estimate of drug-likeness (QED) is 0.553. The Labute approximate surface area is 110 Å². The first kappa shape index (κ1) is 13.8. The Balaban J connectivity index is 1.56. The maximum Gasteiger partial charge on any atom is 0.305 e. The number of likely N-dealkylation sites (tertiary alicyclic amines) is 1. The zero-order valence-corrected chi connectivity index (χ0v) is 11.7. The molecule has 2 fully saturated rings. The number of carbonyl (C=O) groups excluding carboxylic acids is 1. The fourth-order valence-electron chi connectivity index (χ4n) is 2.89. The Morgan fingerprint density at radius 2 is 2.22 bits per heavy atom. The summed E-state index contributed by atoms with van der Waals surface area (Å²) in [5, 5.41) is 3.57. The molecule has 4 heteroatoms. The van der Waals surface area contributed by atoms with Crippen molar-refractivity contribution in [3.05, 3.63) is 0 Å². The maximum absolute atomic E-state index is 11.2. The van der Waals surface area contributed by atoms with E-state index in [2.05, 4.69) is 17.1 Å². The fraction of sp³-hybridized carbons (Fsp3) is 0.929. The van der Waals surface area contributed by atoms with E-state index in [1.54, 1.807) is 0 Å². The molecule has 2 rings (SSSR count). The molecule has 4 nitrogen and oxygen atoms in total. The second-order valence-corrected chi connectivity index (χ2v) is 5.57. The number of carbonyl (C=O) groups is 1. The minimum atomic E-state index is -0.0707. The lowest BCUT2D eigenvalue weighted by molar-refractivity contribution is -0.143. The highest BCUT2D eigenvalue weighted by atomic mass is 16.5. The molecule has 0 aromatic carbocycles.